The van der Waals surface area contributed by atoms with Crippen molar-refractivity contribution in [1.29, 1.82) is 0 Å². The maximum Gasteiger partial charge on any atom is 0.169 e. The summed E-state index contributed by atoms with van der Waals surface area (Å²) in [5.74, 6) is 0. The summed E-state index contributed by atoms with van der Waals surface area (Å²) in [6.45, 7) is 0. The first-order valence-electron chi connectivity index (χ1n) is 7.73. The summed E-state index contributed by atoms with van der Waals surface area (Å²) in [4.78, 5) is 7.37. The normalized spacial score (nSPS) is 9.50. The van der Waals surface area contributed by atoms with Gasteiger partial charge >= 0.3 is 0 Å². The van der Waals surface area contributed by atoms with E-state index in [1.54, 1.807) is 11.3 Å². The van der Waals surface area contributed by atoms with Crippen molar-refractivity contribution in [1.82, 2.24) is 9.97 Å². The number of aromatic nitrogens is 4. The van der Waals surface area contributed by atoms with Crippen LogP contribution in [0.15, 0.2) is 64.2 Å². The van der Waals surface area contributed by atoms with Gasteiger partial charge in [-0.05, 0) is 16.6 Å². The van der Waals surface area contributed by atoms with Crippen LogP contribution in [0.3, 0.4) is 0 Å². The molecule has 0 saturated carbocycles. The number of hydrogen-bond donors (Lipinski definition) is 1. The van der Waals surface area contributed by atoms with Crippen LogP contribution in [0.2, 0.25) is 0 Å². The number of nitrogens with zero attached hydrogens (tertiary/aromatic N) is 3. The van der Waals surface area contributed by atoms with Gasteiger partial charge in [0, 0.05) is 73.5 Å². The molecule has 0 aliphatic rings. The number of nitrogens with one attached hydrogen (secondary N) is 1. The van der Waals surface area contributed by atoms with Crippen LogP contribution >= 0.6 is 34.9 Å². The molecule has 9 heteroatoms. The number of pyridine rings is 2. The maximum atomic E-state index is 5.02. The zero-order valence-corrected chi connectivity index (χ0v) is 20.9. The Morgan fingerprint density at radius 3 is 1.89 bits per heavy atom. The quantitative estimate of drug-likeness (QED) is 0.240. The van der Waals surface area contributed by atoms with E-state index in [0.29, 0.717) is 4.34 Å². The van der Waals surface area contributed by atoms with Crippen LogP contribution in [-0.4, -0.2) is 9.97 Å². The zero-order valence-electron chi connectivity index (χ0n) is 14.8. The summed E-state index contributed by atoms with van der Waals surface area (Å²) in [5, 5.41) is 4.02. The van der Waals surface area contributed by atoms with Gasteiger partial charge in [-0.3, -0.25) is 4.98 Å². The number of rotatable bonds is 2. The summed E-state index contributed by atoms with van der Waals surface area (Å²) in [6.07, 6.45) is 8.03. The second kappa shape index (κ2) is 11.9. The molecule has 28 heavy (non-hydrogen) atoms. The molecule has 1 N–H and O–H groups in total. The predicted octanol–water partition coefficient (Wildman–Crippen LogP) is 4.47. The van der Waals surface area contributed by atoms with E-state index in [2.05, 4.69) is 22.1 Å². The van der Waals surface area contributed by atoms with E-state index in [4.69, 9.17) is 24.8 Å². The van der Waals surface area contributed by atoms with Crippen molar-refractivity contribution in [3.05, 3.63) is 63.8 Å². The standard InChI is InChI=1S/2C9H8N2S2.CH4.Y/c2*1-11-4-2-7(3-5-11)8-6-13-9(12)10-8;;/h2*2-6H,1H3;1H4;/p+1. The molecule has 0 saturated heterocycles. The average molecular weight is 523 g/mol. The van der Waals surface area contributed by atoms with Crippen LogP contribution in [0.5, 0.6) is 0 Å². The van der Waals surface area contributed by atoms with Gasteiger partial charge in [0.2, 0.25) is 0 Å². The van der Waals surface area contributed by atoms with Gasteiger partial charge in [-0.1, -0.05) is 12.8 Å². The van der Waals surface area contributed by atoms with E-state index in [1.807, 2.05) is 70.9 Å². The van der Waals surface area contributed by atoms with E-state index in [-0.39, 0.29) is 40.1 Å². The molecule has 0 unspecified atom stereocenters. The number of aryl methyl sites for hydroxylation is 2. The molecular formula is C19H21N4S4Y+. The first-order valence-corrected chi connectivity index (χ1v) is 10.3. The monoisotopic (exact) mass is 522 g/mol. The van der Waals surface area contributed by atoms with Gasteiger partial charge in [-0.15, -0.1) is 11.3 Å². The fourth-order valence-corrected chi connectivity index (χ4v) is 3.80. The van der Waals surface area contributed by atoms with Crippen LogP contribution in [0.25, 0.3) is 22.5 Å². The van der Waals surface area contributed by atoms with Crippen LogP contribution < -0.4 is 9.13 Å². The van der Waals surface area contributed by atoms with Crippen molar-refractivity contribution in [3.8, 4) is 22.5 Å². The zero-order chi connectivity index (χ0) is 18.5. The molecule has 4 rings (SSSR count). The molecule has 4 aromatic rings. The minimum atomic E-state index is 0. The molecule has 0 atom stereocenters. The third-order valence-electron chi connectivity index (χ3n) is 3.57. The van der Waals surface area contributed by atoms with Crippen molar-refractivity contribution < 1.29 is 41.8 Å². The van der Waals surface area contributed by atoms with Crippen LogP contribution in [0.1, 0.15) is 7.43 Å². The Labute approximate surface area is 209 Å². The van der Waals surface area contributed by atoms with Crippen molar-refractivity contribution in [3.63, 3.8) is 0 Å². The molecule has 0 amide bonds. The van der Waals surface area contributed by atoms with Crippen molar-refractivity contribution in [2.45, 2.75) is 11.8 Å². The number of H-pyrrole nitrogens is 1. The van der Waals surface area contributed by atoms with Gasteiger partial charge in [0.25, 0.3) is 0 Å². The summed E-state index contributed by atoms with van der Waals surface area (Å²) in [7, 11) is 3.99. The van der Waals surface area contributed by atoms with Gasteiger partial charge in [-0.25, -0.2) is 9.13 Å². The van der Waals surface area contributed by atoms with Crippen molar-refractivity contribution in [2.24, 2.45) is 14.1 Å². The number of aromatic amines is 1. The SMILES string of the molecule is C.C[n+]1ccc(-c2csc(=S)[nH]2)cc1.C[n+]1ccc(-c2csc([S-])n2)cc1.[Y]. The smallest absolute Gasteiger partial charge is 0.169 e. The minimum absolute atomic E-state index is 0. The summed E-state index contributed by atoms with van der Waals surface area (Å²) in [6, 6.07) is 8.19. The van der Waals surface area contributed by atoms with Crippen LogP contribution in [-0.2, 0) is 59.4 Å². The topological polar surface area (TPSA) is 36.4 Å². The number of hydrogen-bond acceptors (Lipinski definition) is 5. The van der Waals surface area contributed by atoms with E-state index in [9.17, 15) is 0 Å². The van der Waals surface area contributed by atoms with Gasteiger partial charge in [0.05, 0.1) is 11.4 Å². The van der Waals surface area contributed by atoms with E-state index in [1.165, 1.54) is 16.9 Å². The van der Waals surface area contributed by atoms with Gasteiger partial charge in [-0.2, -0.15) is 0 Å². The molecule has 0 aliphatic carbocycles. The van der Waals surface area contributed by atoms with Crippen molar-refractivity contribution in [2.75, 3.05) is 0 Å². The van der Waals surface area contributed by atoms with Crippen LogP contribution in [0.4, 0.5) is 0 Å². The molecule has 0 bridgehead atoms. The summed E-state index contributed by atoms with van der Waals surface area (Å²) < 4.78 is 5.51. The maximum absolute atomic E-state index is 5.02. The second-order valence-electron chi connectivity index (χ2n) is 5.57. The first-order chi connectivity index (χ1) is 12.5. The minimum Gasteiger partial charge on any atom is -0.408 e. The van der Waals surface area contributed by atoms with Gasteiger partial charge in [0.1, 0.15) is 14.1 Å². The molecule has 0 fully saturated rings. The first kappa shape index (κ1) is 25.1. The summed E-state index contributed by atoms with van der Waals surface area (Å²) >= 11 is 13.0. The Bertz CT molecular complexity index is 1040. The largest absolute Gasteiger partial charge is 0.408 e. The Balaban J connectivity index is 0.000000261. The van der Waals surface area contributed by atoms with Crippen LogP contribution in [0, 0.1) is 3.95 Å². The molecule has 4 heterocycles. The Morgan fingerprint density at radius 1 is 0.929 bits per heavy atom. The van der Waals surface area contributed by atoms with E-state index in [0.717, 1.165) is 20.9 Å². The molecule has 0 spiro atoms. The molecular weight excluding hydrogens is 501 g/mol. The fourth-order valence-electron chi connectivity index (χ4n) is 2.16. The fraction of sp³-hybridized carbons (Fsp3) is 0.158. The summed E-state index contributed by atoms with van der Waals surface area (Å²) in [5.41, 5.74) is 4.35. The predicted molar refractivity (Wildman–Crippen MR) is 117 cm³/mol. The molecule has 4 nitrogen and oxygen atoms in total. The Hall–Kier alpha value is -0.896. The molecule has 0 aromatic carbocycles. The van der Waals surface area contributed by atoms with Gasteiger partial charge < -0.3 is 28.9 Å². The molecule has 143 valence electrons. The van der Waals surface area contributed by atoms with Crippen molar-refractivity contribution >= 4 is 47.5 Å². The Morgan fingerprint density at radius 2 is 1.46 bits per heavy atom. The number of thiazole rings is 2. The third-order valence-corrected chi connectivity index (χ3v) is 5.64. The van der Waals surface area contributed by atoms with Gasteiger partial charge in [0.15, 0.2) is 28.7 Å². The molecule has 1 radical (unpaired) electrons. The molecule has 4 aromatic heterocycles. The average Bonchev–Trinajstić information content (AvgIpc) is 3.25. The van der Waals surface area contributed by atoms with E-state index >= 15 is 0 Å². The Kier molecular flexibility index (Phi) is 10.7. The molecule has 0 aliphatic heterocycles. The third kappa shape index (κ3) is 7.17. The second-order valence-corrected chi connectivity index (χ2v) is 8.61. The van der Waals surface area contributed by atoms with E-state index < -0.39 is 0 Å².